The molecule has 3 atom stereocenters. The Hall–Kier alpha value is -3.90. The van der Waals surface area contributed by atoms with E-state index in [9.17, 15) is 24.0 Å². The molecule has 2 aromatic carbocycles. The summed E-state index contributed by atoms with van der Waals surface area (Å²) in [6.07, 6.45) is 0.512. The van der Waals surface area contributed by atoms with E-state index in [0.29, 0.717) is 17.6 Å². The minimum atomic E-state index is -1.02. The first kappa shape index (κ1) is 25.7. The molecule has 0 bridgehead atoms. The molecule has 1 spiro atoms. The highest BCUT2D eigenvalue weighted by Crippen LogP contribution is 2.46. The second kappa shape index (κ2) is 9.44. The van der Waals surface area contributed by atoms with Gasteiger partial charge in [0, 0.05) is 36.6 Å². The van der Waals surface area contributed by atoms with Crippen molar-refractivity contribution in [1.82, 2.24) is 14.8 Å². The lowest BCUT2D eigenvalue weighted by Gasteiger charge is -2.33. The minimum Gasteiger partial charge on any atom is -0.350 e. The van der Waals surface area contributed by atoms with E-state index in [0.717, 1.165) is 5.56 Å². The molecule has 5 rings (SSSR count). The fraction of sp³-hybridized carbons (Fsp3) is 0.357. The zero-order valence-corrected chi connectivity index (χ0v) is 22.0. The summed E-state index contributed by atoms with van der Waals surface area (Å²) in [6, 6.07) is 12.1. The number of likely N-dealkylation sites (N-methyl/N-ethyl adjacent to an activating group) is 1. The van der Waals surface area contributed by atoms with Crippen molar-refractivity contribution in [3.8, 4) is 6.07 Å². The topological polar surface area (TPSA) is 109 Å². The van der Waals surface area contributed by atoms with Crippen LogP contribution in [0.5, 0.6) is 0 Å². The van der Waals surface area contributed by atoms with Gasteiger partial charge >= 0.3 is 0 Å². The molecule has 3 heterocycles. The molecule has 1 fully saturated rings. The number of likely N-dealkylation sites (tertiary alicyclic amines) is 1. The highest BCUT2D eigenvalue weighted by Gasteiger charge is 2.56. The third kappa shape index (κ3) is 4.00. The molecular formula is C28H27ClFN5O3. The lowest BCUT2D eigenvalue weighted by molar-refractivity contribution is -0.136. The Labute approximate surface area is 224 Å². The predicted octanol–water partition coefficient (Wildman–Crippen LogP) is 4.46. The van der Waals surface area contributed by atoms with Crippen molar-refractivity contribution < 1.29 is 18.8 Å². The quantitative estimate of drug-likeness (QED) is 0.502. The number of amides is 3. The monoisotopic (exact) mass is 535 g/mol. The van der Waals surface area contributed by atoms with Gasteiger partial charge in [0.1, 0.15) is 17.8 Å². The second-order valence-electron chi connectivity index (χ2n) is 10.5. The van der Waals surface area contributed by atoms with Crippen LogP contribution in [0, 0.1) is 23.1 Å². The van der Waals surface area contributed by atoms with Crippen LogP contribution in [0.1, 0.15) is 42.7 Å². The maximum Gasteiger partial charge on any atom is 0.270 e. The summed E-state index contributed by atoms with van der Waals surface area (Å²) in [6.45, 7) is 3.92. The molecule has 0 aliphatic carbocycles. The maximum absolute atomic E-state index is 14.5. The van der Waals surface area contributed by atoms with E-state index in [1.54, 1.807) is 12.1 Å². The van der Waals surface area contributed by atoms with Crippen LogP contribution in [0.3, 0.4) is 0 Å². The number of hydrogen-bond donors (Lipinski definition) is 2. The van der Waals surface area contributed by atoms with Crippen molar-refractivity contribution in [1.29, 1.82) is 5.26 Å². The van der Waals surface area contributed by atoms with Crippen molar-refractivity contribution >= 4 is 45.9 Å². The number of benzene rings is 2. The normalized spacial score (nSPS) is 21.0. The molecular weight excluding hydrogens is 509 g/mol. The number of hydrogen-bond acceptors (Lipinski definition) is 4. The van der Waals surface area contributed by atoms with Gasteiger partial charge in [-0.3, -0.25) is 14.4 Å². The lowest BCUT2D eigenvalue weighted by Crippen LogP contribution is -2.52. The van der Waals surface area contributed by atoms with Gasteiger partial charge in [0.2, 0.25) is 11.8 Å². The molecule has 10 heteroatoms. The van der Waals surface area contributed by atoms with Crippen LogP contribution in [-0.2, 0) is 15.0 Å². The number of rotatable bonds is 5. The van der Waals surface area contributed by atoms with Gasteiger partial charge in [-0.2, -0.15) is 5.26 Å². The van der Waals surface area contributed by atoms with Crippen LogP contribution >= 0.6 is 11.6 Å². The number of fused-ring (bicyclic) bond motifs is 3. The van der Waals surface area contributed by atoms with Crippen molar-refractivity contribution in [2.45, 2.75) is 44.2 Å². The Morgan fingerprint density at radius 3 is 2.74 bits per heavy atom. The first-order valence-corrected chi connectivity index (χ1v) is 12.8. The molecule has 2 N–H and O–H groups in total. The number of aromatic amines is 1. The minimum absolute atomic E-state index is 0.0413. The van der Waals surface area contributed by atoms with Gasteiger partial charge in [0.25, 0.3) is 5.91 Å². The first-order chi connectivity index (χ1) is 18.1. The van der Waals surface area contributed by atoms with Crippen molar-refractivity contribution in [2.24, 2.45) is 5.92 Å². The van der Waals surface area contributed by atoms with Gasteiger partial charge < -0.3 is 20.1 Å². The summed E-state index contributed by atoms with van der Waals surface area (Å²) in [5, 5.41) is 13.0. The fourth-order valence-electron chi connectivity index (χ4n) is 5.64. The van der Waals surface area contributed by atoms with Crippen LogP contribution < -0.4 is 5.32 Å². The van der Waals surface area contributed by atoms with Crippen LogP contribution in [0.25, 0.3) is 10.9 Å². The number of H-pyrrole nitrogens is 1. The second-order valence-corrected chi connectivity index (χ2v) is 10.9. The van der Waals surface area contributed by atoms with Gasteiger partial charge in [-0.05, 0) is 42.2 Å². The van der Waals surface area contributed by atoms with E-state index >= 15 is 0 Å². The Kier molecular flexibility index (Phi) is 6.40. The number of para-hydroxylation sites is 1. The standard InChI is InChI=1S/C28H27ClFN5O3/c1-15(2)10-23(34(3)25(36)22-11-17-20(32-22)9-8-19(29)24(17)30)26(37)35-14-28(12-16(35)13-31)18-6-4-5-7-21(18)33-27(28)38/h4-9,11,15-16,23,32H,10,12,14H2,1-3H3,(H,33,38)/t16?,23-,28-/m0/s1. The molecule has 196 valence electrons. The highest BCUT2D eigenvalue weighted by atomic mass is 35.5. The van der Waals surface area contributed by atoms with E-state index in [4.69, 9.17) is 11.6 Å². The number of halogens is 2. The Balaban J connectivity index is 1.46. The SMILES string of the molecule is CC(C)C[C@@H](C(=O)N1C[C@]2(CC1C#N)C(=O)Nc1ccccc12)N(C)C(=O)c1cc2c(F)c(Cl)ccc2[nH]1. The van der Waals surface area contributed by atoms with E-state index in [1.165, 1.54) is 29.0 Å². The highest BCUT2D eigenvalue weighted by molar-refractivity contribution is 6.31. The summed E-state index contributed by atoms with van der Waals surface area (Å²) >= 11 is 5.89. The third-order valence-electron chi connectivity index (χ3n) is 7.60. The summed E-state index contributed by atoms with van der Waals surface area (Å²) in [5.74, 6) is -1.72. The van der Waals surface area contributed by atoms with Gasteiger partial charge in [-0.15, -0.1) is 0 Å². The van der Waals surface area contributed by atoms with Gasteiger partial charge in [0.05, 0.1) is 16.5 Å². The lowest BCUT2D eigenvalue weighted by atomic mass is 9.80. The largest absolute Gasteiger partial charge is 0.350 e. The van der Waals surface area contributed by atoms with Gasteiger partial charge in [-0.1, -0.05) is 43.6 Å². The third-order valence-corrected chi connectivity index (χ3v) is 7.90. The number of nitriles is 1. The fourth-order valence-corrected chi connectivity index (χ4v) is 5.80. The number of carbonyl (C=O) groups excluding carboxylic acids is 3. The number of nitrogens with zero attached hydrogens (tertiary/aromatic N) is 3. The maximum atomic E-state index is 14.5. The molecule has 3 amide bonds. The van der Waals surface area contributed by atoms with Crippen molar-refractivity contribution in [3.05, 3.63) is 64.6 Å². The Morgan fingerprint density at radius 1 is 1.29 bits per heavy atom. The summed E-state index contributed by atoms with van der Waals surface area (Å²) < 4.78 is 14.5. The molecule has 0 radical (unpaired) electrons. The first-order valence-electron chi connectivity index (χ1n) is 12.4. The van der Waals surface area contributed by atoms with E-state index in [-0.39, 0.29) is 40.9 Å². The predicted molar refractivity (Wildman–Crippen MR) is 141 cm³/mol. The van der Waals surface area contributed by atoms with Crippen LogP contribution in [0.2, 0.25) is 5.02 Å². The molecule has 38 heavy (non-hydrogen) atoms. The van der Waals surface area contributed by atoms with Crippen LogP contribution in [0.4, 0.5) is 10.1 Å². The van der Waals surface area contributed by atoms with Crippen LogP contribution in [-0.4, -0.2) is 58.2 Å². The number of carbonyl (C=O) groups is 3. The van der Waals surface area contributed by atoms with E-state index in [1.807, 2.05) is 32.0 Å². The van der Waals surface area contributed by atoms with Gasteiger partial charge in [-0.25, -0.2) is 4.39 Å². The average Bonchev–Trinajstić information content (AvgIpc) is 3.58. The zero-order valence-electron chi connectivity index (χ0n) is 21.2. The molecule has 0 saturated carbocycles. The zero-order chi connectivity index (χ0) is 27.4. The smallest absolute Gasteiger partial charge is 0.270 e. The van der Waals surface area contributed by atoms with E-state index in [2.05, 4.69) is 16.4 Å². The van der Waals surface area contributed by atoms with Crippen LogP contribution in [0.15, 0.2) is 42.5 Å². The van der Waals surface area contributed by atoms with Crippen molar-refractivity contribution in [3.63, 3.8) is 0 Å². The molecule has 2 aliphatic rings. The average molecular weight is 536 g/mol. The molecule has 2 aliphatic heterocycles. The summed E-state index contributed by atoms with van der Waals surface area (Å²) in [5.41, 5.74) is 0.951. The molecule has 8 nitrogen and oxygen atoms in total. The molecule has 1 aromatic heterocycles. The summed E-state index contributed by atoms with van der Waals surface area (Å²) in [4.78, 5) is 46.3. The molecule has 1 unspecified atom stereocenters. The Bertz CT molecular complexity index is 1510. The number of nitrogens with one attached hydrogen (secondary N) is 2. The number of anilines is 1. The van der Waals surface area contributed by atoms with E-state index < -0.39 is 35.1 Å². The summed E-state index contributed by atoms with van der Waals surface area (Å²) in [7, 11) is 1.52. The number of aromatic nitrogens is 1. The van der Waals surface area contributed by atoms with Crippen molar-refractivity contribution in [2.75, 3.05) is 18.9 Å². The Morgan fingerprint density at radius 2 is 2.03 bits per heavy atom. The molecule has 1 saturated heterocycles. The molecule has 3 aromatic rings. The van der Waals surface area contributed by atoms with Gasteiger partial charge in [0.15, 0.2) is 5.82 Å².